The fourth-order valence-corrected chi connectivity index (χ4v) is 2.70. The van der Waals surface area contributed by atoms with Crippen molar-refractivity contribution in [2.75, 3.05) is 0 Å². The maximum atomic E-state index is 12.5. The fourth-order valence-electron chi connectivity index (χ4n) is 1.73. The summed E-state index contributed by atoms with van der Waals surface area (Å²) in [7, 11) is 0. The number of thiazole rings is 1. The Balaban J connectivity index is 2.39. The van der Waals surface area contributed by atoms with Gasteiger partial charge in [-0.1, -0.05) is 15.9 Å². The maximum Gasteiger partial charge on any atom is 0.443 e. The highest BCUT2D eigenvalue weighted by atomic mass is 79.9. The van der Waals surface area contributed by atoms with E-state index in [9.17, 15) is 18.0 Å². The Morgan fingerprint density at radius 2 is 1.80 bits per heavy atom. The van der Waals surface area contributed by atoms with Crippen molar-refractivity contribution in [1.29, 1.82) is 0 Å². The number of rotatable bonds is 2. The average molecular weight is 364 g/mol. The van der Waals surface area contributed by atoms with Crippen LogP contribution < -0.4 is 0 Å². The fraction of sp³-hybridized carbons (Fsp3) is 0.231. The number of hydrogen-bond acceptors (Lipinski definition) is 3. The molecule has 1 heterocycles. The molecule has 0 aliphatic rings. The summed E-state index contributed by atoms with van der Waals surface area (Å²) in [5, 5.41) is -1.01. The van der Waals surface area contributed by atoms with Crippen molar-refractivity contribution in [2.45, 2.75) is 20.0 Å². The summed E-state index contributed by atoms with van der Waals surface area (Å²) >= 11 is 3.74. The molecular weight excluding hydrogens is 355 g/mol. The van der Waals surface area contributed by atoms with Crippen LogP contribution in [0, 0.1) is 13.8 Å². The van der Waals surface area contributed by atoms with Gasteiger partial charge in [0.05, 0.1) is 4.88 Å². The second-order valence-corrected chi connectivity index (χ2v) is 6.10. The Morgan fingerprint density at radius 3 is 2.25 bits per heavy atom. The van der Waals surface area contributed by atoms with Crippen LogP contribution in [0.3, 0.4) is 0 Å². The van der Waals surface area contributed by atoms with Crippen LogP contribution in [-0.2, 0) is 6.18 Å². The van der Waals surface area contributed by atoms with Crippen molar-refractivity contribution < 1.29 is 18.0 Å². The third-order valence-corrected chi connectivity index (χ3v) is 4.96. The van der Waals surface area contributed by atoms with Crippen LogP contribution >= 0.6 is 27.3 Å². The van der Waals surface area contributed by atoms with Gasteiger partial charge in [0.25, 0.3) is 0 Å². The highest BCUT2D eigenvalue weighted by Crippen LogP contribution is 2.33. The van der Waals surface area contributed by atoms with Gasteiger partial charge in [-0.25, -0.2) is 4.98 Å². The zero-order chi connectivity index (χ0) is 15.1. The Morgan fingerprint density at radius 1 is 1.25 bits per heavy atom. The summed E-state index contributed by atoms with van der Waals surface area (Å²) in [4.78, 5) is 15.4. The van der Waals surface area contributed by atoms with Crippen molar-refractivity contribution in [3.8, 4) is 0 Å². The van der Waals surface area contributed by atoms with Gasteiger partial charge in [-0.3, -0.25) is 4.79 Å². The molecular formula is C13H9BrF3NOS. The van der Waals surface area contributed by atoms with E-state index in [1.54, 1.807) is 12.1 Å². The molecule has 0 spiro atoms. The molecule has 2 rings (SSSR count). The molecule has 0 saturated heterocycles. The van der Waals surface area contributed by atoms with Gasteiger partial charge < -0.3 is 0 Å². The first-order valence-corrected chi connectivity index (χ1v) is 7.15. The van der Waals surface area contributed by atoms with Crippen molar-refractivity contribution >= 4 is 33.0 Å². The molecule has 106 valence electrons. The summed E-state index contributed by atoms with van der Waals surface area (Å²) in [5.74, 6) is -0.448. The lowest BCUT2D eigenvalue weighted by molar-refractivity contribution is -0.137. The number of aryl methyl sites for hydroxylation is 2. The van der Waals surface area contributed by atoms with Crippen LogP contribution in [0.4, 0.5) is 13.2 Å². The Bertz CT molecular complexity index is 655. The summed E-state index contributed by atoms with van der Waals surface area (Å²) in [6.45, 7) is 3.64. The number of halogens is 4. The third kappa shape index (κ3) is 2.93. The predicted molar refractivity (Wildman–Crippen MR) is 74.2 cm³/mol. The minimum atomic E-state index is -4.52. The van der Waals surface area contributed by atoms with Crippen molar-refractivity contribution in [3.63, 3.8) is 0 Å². The van der Waals surface area contributed by atoms with Crippen LogP contribution in [0.1, 0.15) is 31.4 Å². The normalized spacial score (nSPS) is 11.7. The van der Waals surface area contributed by atoms with E-state index in [1.807, 2.05) is 13.8 Å². The summed E-state index contributed by atoms with van der Waals surface area (Å²) in [5.41, 5.74) is 2.07. The molecule has 2 aromatic rings. The second-order valence-electron chi connectivity index (χ2n) is 4.28. The Labute approximate surface area is 125 Å². The Hall–Kier alpha value is -1.21. The molecule has 1 aromatic carbocycles. The lowest BCUT2D eigenvalue weighted by atomic mass is 10.0. The summed E-state index contributed by atoms with van der Waals surface area (Å²) in [6, 6.07) is 3.29. The molecule has 0 atom stereocenters. The van der Waals surface area contributed by atoms with Crippen LogP contribution in [-0.4, -0.2) is 10.8 Å². The van der Waals surface area contributed by atoms with E-state index in [2.05, 4.69) is 20.9 Å². The highest BCUT2D eigenvalue weighted by Gasteiger charge is 2.35. The van der Waals surface area contributed by atoms with E-state index in [0.717, 1.165) is 21.8 Å². The first-order valence-electron chi connectivity index (χ1n) is 5.54. The van der Waals surface area contributed by atoms with Gasteiger partial charge in [0, 0.05) is 16.2 Å². The van der Waals surface area contributed by atoms with E-state index in [1.165, 1.54) is 0 Å². The number of carbonyl (C=O) groups excluding carboxylic acids is 1. The number of aromatic nitrogens is 1. The highest BCUT2D eigenvalue weighted by molar-refractivity contribution is 9.10. The topological polar surface area (TPSA) is 30.0 Å². The lowest BCUT2D eigenvalue weighted by Crippen LogP contribution is -2.03. The number of hydrogen-bond donors (Lipinski definition) is 0. The number of carbonyl (C=O) groups is 1. The van der Waals surface area contributed by atoms with Crippen LogP contribution in [0.25, 0.3) is 0 Å². The molecule has 0 amide bonds. The molecule has 0 unspecified atom stereocenters. The van der Waals surface area contributed by atoms with Gasteiger partial charge in [0.1, 0.15) is 0 Å². The quantitative estimate of drug-likeness (QED) is 0.719. The number of nitrogens with zero attached hydrogens (tertiary/aromatic N) is 1. The average Bonchev–Trinajstić information content (AvgIpc) is 2.83. The molecule has 0 fully saturated rings. The lowest BCUT2D eigenvalue weighted by Gasteiger charge is -2.06. The predicted octanol–water partition coefficient (Wildman–Crippen LogP) is 4.77. The second kappa shape index (κ2) is 5.29. The summed E-state index contributed by atoms with van der Waals surface area (Å²) in [6.07, 6.45) is -3.54. The first-order chi connectivity index (χ1) is 9.20. The zero-order valence-corrected chi connectivity index (χ0v) is 12.9. The molecule has 0 aliphatic carbocycles. The van der Waals surface area contributed by atoms with E-state index in [4.69, 9.17) is 0 Å². The molecule has 0 bridgehead atoms. The largest absolute Gasteiger partial charge is 0.443 e. The van der Waals surface area contributed by atoms with Crippen molar-refractivity contribution in [1.82, 2.24) is 4.98 Å². The minimum Gasteiger partial charge on any atom is -0.288 e. The van der Waals surface area contributed by atoms with E-state index in [0.29, 0.717) is 16.9 Å². The number of alkyl halides is 3. The molecule has 0 radical (unpaired) electrons. The molecule has 20 heavy (non-hydrogen) atoms. The maximum absolute atomic E-state index is 12.5. The standard InChI is InChI=1S/C13H9BrF3NOS/c1-6-3-8(4-7(2)10(6)14)11(19)9-5-18-12(20-9)13(15,16)17/h3-5H,1-2H3. The van der Waals surface area contributed by atoms with Gasteiger partial charge in [-0.05, 0) is 37.1 Å². The van der Waals surface area contributed by atoms with Crippen LogP contribution in [0.15, 0.2) is 22.8 Å². The van der Waals surface area contributed by atoms with E-state index < -0.39 is 17.0 Å². The first kappa shape index (κ1) is 15.2. The SMILES string of the molecule is Cc1cc(C(=O)c2cnc(C(F)(F)F)s2)cc(C)c1Br. The molecule has 0 aliphatic heterocycles. The molecule has 7 heteroatoms. The Kier molecular flexibility index (Phi) is 4.02. The van der Waals surface area contributed by atoms with Crippen LogP contribution in [0.5, 0.6) is 0 Å². The minimum absolute atomic E-state index is 0.0153. The molecule has 1 aromatic heterocycles. The monoisotopic (exact) mass is 363 g/mol. The smallest absolute Gasteiger partial charge is 0.288 e. The van der Waals surface area contributed by atoms with Gasteiger partial charge in [-0.2, -0.15) is 13.2 Å². The third-order valence-electron chi connectivity index (χ3n) is 2.67. The van der Waals surface area contributed by atoms with E-state index in [-0.39, 0.29) is 4.88 Å². The number of benzene rings is 1. The molecule has 0 saturated carbocycles. The van der Waals surface area contributed by atoms with Gasteiger partial charge in [0.15, 0.2) is 5.01 Å². The molecule has 0 N–H and O–H groups in total. The van der Waals surface area contributed by atoms with E-state index >= 15 is 0 Å². The molecule has 2 nitrogen and oxygen atoms in total. The zero-order valence-electron chi connectivity index (χ0n) is 10.5. The van der Waals surface area contributed by atoms with Crippen LogP contribution in [0.2, 0.25) is 0 Å². The summed E-state index contributed by atoms with van der Waals surface area (Å²) < 4.78 is 38.3. The number of ketones is 1. The van der Waals surface area contributed by atoms with Gasteiger partial charge in [0.2, 0.25) is 5.78 Å². The van der Waals surface area contributed by atoms with Gasteiger partial charge in [-0.15, -0.1) is 11.3 Å². The van der Waals surface area contributed by atoms with Crippen molar-refractivity contribution in [3.05, 3.63) is 49.4 Å². The van der Waals surface area contributed by atoms with Crippen molar-refractivity contribution in [2.24, 2.45) is 0 Å². The van der Waals surface area contributed by atoms with Gasteiger partial charge >= 0.3 is 6.18 Å².